The van der Waals surface area contributed by atoms with Crippen molar-refractivity contribution in [3.05, 3.63) is 54.6 Å². The SMILES string of the molecule is CCCC(C)NC(=O)CSc1nnc(-c2ccccc2)c2ccccc12. The minimum atomic E-state index is 0.0361. The Morgan fingerprint density at radius 2 is 1.73 bits per heavy atom. The molecule has 1 aromatic heterocycles. The van der Waals surface area contributed by atoms with Crippen LogP contribution in [0, 0.1) is 0 Å². The van der Waals surface area contributed by atoms with Crippen molar-refractivity contribution in [2.45, 2.75) is 37.8 Å². The molecule has 5 heteroatoms. The molecule has 3 aromatic rings. The van der Waals surface area contributed by atoms with E-state index in [1.807, 2.05) is 55.5 Å². The first-order chi connectivity index (χ1) is 12.7. The highest BCUT2D eigenvalue weighted by molar-refractivity contribution is 8.00. The van der Waals surface area contributed by atoms with Gasteiger partial charge in [0.1, 0.15) is 10.7 Å². The Bertz CT molecular complexity index is 883. The van der Waals surface area contributed by atoms with Crippen LogP contribution in [0.25, 0.3) is 22.0 Å². The first-order valence-corrected chi connectivity index (χ1v) is 9.90. The third-order valence-corrected chi connectivity index (χ3v) is 5.15. The van der Waals surface area contributed by atoms with Gasteiger partial charge < -0.3 is 5.32 Å². The van der Waals surface area contributed by atoms with Crippen LogP contribution >= 0.6 is 11.8 Å². The number of thioether (sulfide) groups is 1. The first-order valence-electron chi connectivity index (χ1n) is 8.92. The third kappa shape index (κ3) is 4.41. The molecule has 0 aliphatic rings. The van der Waals surface area contributed by atoms with Gasteiger partial charge in [-0.15, -0.1) is 10.2 Å². The van der Waals surface area contributed by atoms with Crippen molar-refractivity contribution in [1.29, 1.82) is 0 Å². The summed E-state index contributed by atoms with van der Waals surface area (Å²) in [7, 11) is 0. The molecule has 0 fully saturated rings. The molecule has 0 saturated carbocycles. The highest BCUT2D eigenvalue weighted by atomic mass is 32.2. The molecular formula is C21H23N3OS. The van der Waals surface area contributed by atoms with Gasteiger partial charge in [-0.05, 0) is 13.3 Å². The number of hydrogen-bond donors (Lipinski definition) is 1. The molecule has 0 radical (unpaired) electrons. The standard InChI is InChI=1S/C21H23N3OS/c1-3-9-15(2)22-19(25)14-26-21-18-13-8-7-12-17(18)20(23-24-21)16-10-5-4-6-11-16/h4-8,10-13,15H,3,9,14H2,1-2H3,(H,22,25). The molecule has 0 spiro atoms. The Hall–Kier alpha value is -2.40. The maximum Gasteiger partial charge on any atom is 0.230 e. The smallest absolute Gasteiger partial charge is 0.230 e. The van der Waals surface area contributed by atoms with E-state index in [1.54, 1.807) is 0 Å². The van der Waals surface area contributed by atoms with Crippen molar-refractivity contribution in [3.8, 4) is 11.3 Å². The molecule has 134 valence electrons. The molecule has 26 heavy (non-hydrogen) atoms. The van der Waals surface area contributed by atoms with E-state index in [0.717, 1.165) is 39.9 Å². The Balaban J connectivity index is 1.81. The van der Waals surface area contributed by atoms with Gasteiger partial charge in [-0.2, -0.15) is 0 Å². The zero-order valence-corrected chi connectivity index (χ0v) is 15.9. The van der Waals surface area contributed by atoms with Crippen molar-refractivity contribution in [3.63, 3.8) is 0 Å². The van der Waals surface area contributed by atoms with Crippen LogP contribution in [-0.2, 0) is 4.79 Å². The molecule has 0 aliphatic carbocycles. The number of carbonyl (C=O) groups is 1. The maximum atomic E-state index is 12.1. The average molecular weight is 366 g/mol. The number of carbonyl (C=O) groups excluding carboxylic acids is 1. The van der Waals surface area contributed by atoms with Gasteiger partial charge in [0, 0.05) is 22.4 Å². The normalized spacial score (nSPS) is 12.1. The lowest BCUT2D eigenvalue weighted by atomic mass is 10.1. The zero-order valence-electron chi connectivity index (χ0n) is 15.1. The van der Waals surface area contributed by atoms with Crippen molar-refractivity contribution in [2.75, 3.05) is 5.75 Å². The Morgan fingerprint density at radius 1 is 1.04 bits per heavy atom. The van der Waals surface area contributed by atoms with Gasteiger partial charge in [-0.3, -0.25) is 4.79 Å². The van der Waals surface area contributed by atoms with E-state index < -0.39 is 0 Å². The van der Waals surface area contributed by atoms with E-state index in [0.29, 0.717) is 5.75 Å². The molecule has 4 nitrogen and oxygen atoms in total. The minimum Gasteiger partial charge on any atom is -0.353 e. The van der Waals surface area contributed by atoms with E-state index in [1.165, 1.54) is 11.8 Å². The number of nitrogens with zero attached hydrogens (tertiary/aromatic N) is 2. The van der Waals surface area contributed by atoms with Gasteiger partial charge in [0.15, 0.2) is 0 Å². The number of benzene rings is 2. The van der Waals surface area contributed by atoms with Crippen molar-refractivity contribution in [2.24, 2.45) is 0 Å². The zero-order chi connectivity index (χ0) is 18.4. The van der Waals surface area contributed by atoms with E-state index in [4.69, 9.17) is 0 Å². The summed E-state index contributed by atoms with van der Waals surface area (Å²) in [6.45, 7) is 4.16. The second-order valence-corrected chi connectivity index (χ2v) is 7.28. The Kier molecular flexibility index (Phi) is 6.23. The number of hydrogen-bond acceptors (Lipinski definition) is 4. The number of fused-ring (bicyclic) bond motifs is 1. The predicted molar refractivity (Wildman–Crippen MR) is 108 cm³/mol. The molecule has 1 atom stereocenters. The average Bonchev–Trinajstić information content (AvgIpc) is 2.67. The topological polar surface area (TPSA) is 54.9 Å². The quantitative estimate of drug-likeness (QED) is 0.617. The number of amides is 1. The van der Waals surface area contributed by atoms with E-state index in [9.17, 15) is 4.79 Å². The summed E-state index contributed by atoms with van der Waals surface area (Å²) in [5.74, 6) is 0.381. The fourth-order valence-electron chi connectivity index (χ4n) is 2.95. The third-order valence-electron chi connectivity index (χ3n) is 4.17. The molecule has 0 aliphatic heterocycles. The van der Waals surface area contributed by atoms with Gasteiger partial charge in [-0.25, -0.2) is 0 Å². The molecule has 0 bridgehead atoms. The highest BCUT2D eigenvalue weighted by Crippen LogP contribution is 2.31. The number of nitrogens with one attached hydrogen (secondary N) is 1. The van der Waals surface area contributed by atoms with Crippen LogP contribution in [0.1, 0.15) is 26.7 Å². The second-order valence-electron chi connectivity index (χ2n) is 6.31. The molecule has 1 unspecified atom stereocenters. The molecule has 1 heterocycles. The fraction of sp³-hybridized carbons (Fsp3) is 0.286. The van der Waals surface area contributed by atoms with Gasteiger partial charge in [0.25, 0.3) is 0 Å². The van der Waals surface area contributed by atoms with E-state index in [-0.39, 0.29) is 11.9 Å². The Morgan fingerprint density at radius 3 is 2.46 bits per heavy atom. The lowest BCUT2D eigenvalue weighted by molar-refractivity contribution is -0.119. The Labute approximate surface area is 158 Å². The van der Waals surface area contributed by atoms with Crippen LogP contribution in [0.2, 0.25) is 0 Å². The van der Waals surface area contributed by atoms with Gasteiger partial charge >= 0.3 is 0 Å². The van der Waals surface area contributed by atoms with Crippen molar-refractivity contribution < 1.29 is 4.79 Å². The fourth-order valence-corrected chi connectivity index (χ4v) is 3.73. The van der Waals surface area contributed by atoms with Crippen LogP contribution in [-0.4, -0.2) is 27.9 Å². The van der Waals surface area contributed by atoms with Crippen molar-refractivity contribution >= 4 is 28.4 Å². The van der Waals surface area contributed by atoms with Crippen LogP contribution in [0.15, 0.2) is 59.6 Å². The molecule has 0 saturated heterocycles. The lowest BCUT2D eigenvalue weighted by Gasteiger charge is -2.13. The van der Waals surface area contributed by atoms with E-state index in [2.05, 4.69) is 28.5 Å². The maximum absolute atomic E-state index is 12.1. The largest absolute Gasteiger partial charge is 0.353 e. The van der Waals surface area contributed by atoms with Crippen LogP contribution in [0.4, 0.5) is 0 Å². The van der Waals surface area contributed by atoms with Gasteiger partial charge in [0.05, 0.1) is 5.75 Å². The minimum absolute atomic E-state index is 0.0361. The van der Waals surface area contributed by atoms with Crippen LogP contribution < -0.4 is 5.32 Å². The summed E-state index contributed by atoms with van der Waals surface area (Å²) in [6.07, 6.45) is 2.05. The summed E-state index contributed by atoms with van der Waals surface area (Å²) in [5, 5.41) is 14.7. The summed E-state index contributed by atoms with van der Waals surface area (Å²) in [6, 6.07) is 18.3. The predicted octanol–water partition coefficient (Wildman–Crippen LogP) is 4.69. The van der Waals surface area contributed by atoms with Gasteiger partial charge in [0.2, 0.25) is 5.91 Å². The molecule has 1 amide bonds. The van der Waals surface area contributed by atoms with Gasteiger partial charge in [-0.1, -0.05) is 79.7 Å². The van der Waals surface area contributed by atoms with Crippen LogP contribution in [0.5, 0.6) is 0 Å². The second kappa shape index (κ2) is 8.81. The van der Waals surface area contributed by atoms with E-state index >= 15 is 0 Å². The summed E-state index contributed by atoms with van der Waals surface area (Å²) in [4.78, 5) is 12.1. The first kappa shape index (κ1) is 18.4. The number of rotatable bonds is 7. The molecule has 3 rings (SSSR count). The summed E-state index contributed by atoms with van der Waals surface area (Å²) >= 11 is 1.44. The van der Waals surface area contributed by atoms with Crippen molar-refractivity contribution in [1.82, 2.24) is 15.5 Å². The highest BCUT2D eigenvalue weighted by Gasteiger charge is 2.13. The summed E-state index contributed by atoms with van der Waals surface area (Å²) in [5.41, 5.74) is 1.91. The molecule has 1 N–H and O–H groups in total. The monoisotopic (exact) mass is 365 g/mol. The summed E-state index contributed by atoms with van der Waals surface area (Å²) < 4.78 is 0. The number of aromatic nitrogens is 2. The van der Waals surface area contributed by atoms with Crippen LogP contribution in [0.3, 0.4) is 0 Å². The molecule has 2 aromatic carbocycles. The lowest BCUT2D eigenvalue weighted by Crippen LogP contribution is -2.33. The molecular weight excluding hydrogens is 342 g/mol.